The van der Waals surface area contributed by atoms with Crippen molar-refractivity contribution in [3.8, 4) is 0 Å². The number of carbonyl (C=O) groups excluding carboxylic acids is 1. The number of aromatic nitrogens is 2. The first kappa shape index (κ1) is 27.9. The molecule has 220 valence electrons. The molecule has 2 aliphatic carbocycles. The summed E-state index contributed by atoms with van der Waals surface area (Å²) >= 11 is 0. The summed E-state index contributed by atoms with van der Waals surface area (Å²) in [5, 5.41) is 15.2. The van der Waals surface area contributed by atoms with Crippen molar-refractivity contribution in [2.75, 3.05) is 13.7 Å². The van der Waals surface area contributed by atoms with Gasteiger partial charge in [-0.05, 0) is 68.9 Å². The highest BCUT2D eigenvalue weighted by Crippen LogP contribution is 2.47. The molecule has 1 amide bonds. The molecule has 6 rings (SSSR count). The van der Waals surface area contributed by atoms with Crippen molar-refractivity contribution in [3.63, 3.8) is 0 Å². The number of amides is 1. The number of likely N-dealkylation sites (N-methyl/N-ethyl adjacent to an activating group) is 1. The Bertz CT molecular complexity index is 1360. The molecule has 3 heterocycles. The minimum absolute atomic E-state index is 0.0301. The van der Waals surface area contributed by atoms with Gasteiger partial charge in [0.25, 0.3) is 11.5 Å². The quantitative estimate of drug-likeness (QED) is 0.387. The van der Waals surface area contributed by atoms with E-state index in [2.05, 4.69) is 20.4 Å². The number of aliphatic carboxylic acids is 1. The molecule has 41 heavy (non-hydrogen) atoms. The molecule has 10 nitrogen and oxygen atoms in total. The summed E-state index contributed by atoms with van der Waals surface area (Å²) in [4.78, 5) is 50.3. The molecule has 2 N–H and O–H groups in total. The van der Waals surface area contributed by atoms with Gasteiger partial charge in [-0.25, -0.2) is 9.78 Å². The van der Waals surface area contributed by atoms with Crippen molar-refractivity contribution in [2.45, 2.75) is 101 Å². The second-order valence-electron chi connectivity index (χ2n) is 12.5. The minimum atomic E-state index is -1.23. The smallest absolute Gasteiger partial charge is 0.344 e. The summed E-state index contributed by atoms with van der Waals surface area (Å²) < 4.78 is 1.83. The van der Waals surface area contributed by atoms with E-state index in [4.69, 9.17) is 9.94 Å². The molecule has 1 aromatic carbocycles. The van der Waals surface area contributed by atoms with Crippen molar-refractivity contribution in [2.24, 2.45) is 17.0 Å². The number of para-hydroxylation sites is 2. The number of nitrogens with zero attached hydrogens (tertiary/aromatic N) is 4. The van der Waals surface area contributed by atoms with Crippen LogP contribution < -0.4 is 10.9 Å². The second kappa shape index (κ2) is 11.9. The van der Waals surface area contributed by atoms with Crippen molar-refractivity contribution >= 4 is 28.6 Å². The third-order valence-corrected chi connectivity index (χ3v) is 9.95. The van der Waals surface area contributed by atoms with E-state index in [0.717, 1.165) is 43.0 Å². The lowest BCUT2D eigenvalue weighted by atomic mass is 9.73. The van der Waals surface area contributed by atoms with E-state index in [9.17, 15) is 14.4 Å². The fourth-order valence-corrected chi connectivity index (χ4v) is 8.44. The zero-order chi connectivity index (χ0) is 28.5. The fraction of sp³-hybridized carbons (Fsp3) is 0.645. The first-order valence-electron chi connectivity index (χ1n) is 15.4. The van der Waals surface area contributed by atoms with Gasteiger partial charge in [-0.15, -0.1) is 0 Å². The Morgan fingerprint density at radius 2 is 1.63 bits per heavy atom. The lowest BCUT2D eigenvalue weighted by Crippen LogP contribution is -2.58. The van der Waals surface area contributed by atoms with Gasteiger partial charge in [0.15, 0.2) is 11.4 Å². The maximum absolute atomic E-state index is 14.2. The van der Waals surface area contributed by atoms with Gasteiger partial charge in [0.1, 0.15) is 0 Å². The maximum atomic E-state index is 14.2. The molecule has 2 aromatic rings. The van der Waals surface area contributed by atoms with Gasteiger partial charge in [-0.3, -0.25) is 14.5 Å². The minimum Gasteiger partial charge on any atom is -0.479 e. The van der Waals surface area contributed by atoms with E-state index in [1.165, 1.54) is 58.4 Å². The van der Waals surface area contributed by atoms with Crippen LogP contribution in [0.25, 0.3) is 11.0 Å². The van der Waals surface area contributed by atoms with Crippen LogP contribution in [0, 0.1) is 11.8 Å². The van der Waals surface area contributed by atoms with E-state index in [-0.39, 0.29) is 17.4 Å². The standard InChI is InChI=1S/C31H41N5O5/c1-32-30(39)28(34-41-18-27(37)38)29-31(40)36(26-12-5-4-11-25(26)33-29)24-16-21-9-6-10-22(17-24)35(21)23-14-19-7-2-3-8-20(13-19)15-23/h4-5,11-12,19-24H,2-3,6-10,13-18H2,1H3,(H,32,39)(H,37,38)/t19?,20?,21-,22+,23?,24?. The van der Waals surface area contributed by atoms with Crippen LogP contribution in [0.2, 0.25) is 0 Å². The molecule has 4 fully saturated rings. The number of rotatable bonds is 7. The number of hydrogen-bond donors (Lipinski definition) is 2. The summed E-state index contributed by atoms with van der Waals surface area (Å²) in [5.74, 6) is -0.170. The van der Waals surface area contributed by atoms with Gasteiger partial charge in [0.2, 0.25) is 6.61 Å². The number of carbonyl (C=O) groups is 2. The average Bonchev–Trinajstić information content (AvgIpc) is 3.13. The number of piperidine rings is 2. The summed E-state index contributed by atoms with van der Waals surface area (Å²) in [6.07, 6.45) is 14.9. The van der Waals surface area contributed by atoms with Gasteiger partial charge >= 0.3 is 5.97 Å². The molecule has 4 aliphatic rings. The molecule has 3 unspecified atom stereocenters. The normalized spacial score (nSPS) is 30.4. The highest BCUT2D eigenvalue weighted by Gasteiger charge is 2.45. The molecular weight excluding hydrogens is 522 g/mol. The van der Waals surface area contributed by atoms with Crippen molar-refractivity contribution in [1.82, 2.24) is 19.8 Å². The molecule has 2 saturated carbocycles. The summed E-state index contributed by atoms with van der Waals surface area (Å²) in [5.41, 5.74) is 0.480. The van der Waals surface area contributed by atoms with Crippen LogP contribution in [0.3, 0.4) is 0 Å². The molecule has 2 saturated heterocycles. The lowest BCUT2D eigenvalue weighted by Gasteiger charge is -2.54. The Morgan fingerprint density at radius 1 is 0.951 bits per heavy atom. The van der Waals surface area contributed by atoms with Gasteiger partial charge < -0.3 is 19.8 Å². The van der Waals surface area contributed by atoms with E-state index in [0.29, 0.717) is 23.6 Å². The molecule has 4 bridgehead atoms. The summed E-state index contributed by atoms with van der Waals surface area (Å²) in [7, 11) is 1.42. The third-order valence-electron chi connectivity index (χ3n) is 9.95. The SMILES string of the molecule is CNC(=O)C(=NOCC(=O)O)c1nc2ccccc2n(C2C[C@H]3CCC[C@@H](C2)N3C2CC3CCCCC(C3)C2)c1=O. The molecule has 0 radical (unpaired) electrons. The Hall–Kier alpha value is -3.27. The van der Waals surface area contributed by atoms with Gasteiger partial charge in [0.05, 0.1) is 11.0 Å². The van der Waals surface area contributed by atoms with Crippen molar-refractivity contribution < 1.29 is 19.5 Å². The number of fused-ring (bicyclic) bond motifs is 5. The van der Waals surface area contributed by atoms with Crippen LogP contribution in [0.5, 0.6) is 0 Å². The number of oxime groups is 1. The summed E-state index contributed by atoms with van der Waals surface area (Å²) in [6, 6.07) is 8.99. The molecule has 1 aromatic heterocycles. The predicted octanol–water partition coefficient (Wildman–Crippen LogP) is 3.86. The van der Waals surface area contributed by atoms with E-state index >= 15 is 0 Å². The number of nitrogens with one attached hydrogen (secondary N) is 1. The van der Waals surface area contributed by atoms with E-state index in [1.807, 2.05) is 28.8 Å². The number of carboxylic acid groups (broad SMARTS) is 1. The van der Waals surface area contributed by atoms with Gasteiger partial charge in [0, 0.05) is 31.2 Å². The molecule has 0 spiro atoms. The molecule has 5 atom stereocenters. The zero-order valence-electron chi connectivity index (χ0n) is 23.8. The number of hydrogen-bond acceptors (Lipinski definition) is 7. The summed E-state index contributed by atoms with van der Waals surface area (Å²) in [6.45, 7) is -0.729. The number of benzene rings is 1. The van der Waals surface area contributed by atoms with Crippen LogP contribution in [0.4, 0.5) is 0 Å². The van der Waals surface area contributed by atoms with Crippen LogP contribution >= 0.6 is 0 Å². The first-order valence-corrected chi connectivity index (χ1v) is 15.4. The van der Waals surface area contributed by atoms with E-state index < -0.39 is 24.0 Å². The predicted molar refractivity (Wildman–Crippen MR) is 155 cm³/mol. The van der Waals surface area contributed by atoms with Crippen LogP contribution in [-0.2, 0) is 14.4 Å². The molecular formula is C31H41N5O5. The van der Waals surface area contributed by atoms with Gasteiger partial charge in [-0.1, -0.05) is 49.4 Å². The Balaban J connectivity index is 1.35. The first-order chi connectivity index (χ1) is 19.9. The Kier molecular flexibility index (Phi) is 8.10. The van der Waals surface area contributed by atoms with Crippen molar-refractivity contribution in [1.29, 1.82) is 0 Å². The van der Waals surface area contributed by atoms with Crippen LogP contribution in [0.15, 0.2) is 34.2 Å². The van der Waals surface area contributed by atoms with Gasteiger partial charge in [-0.2, -0.15) is 0 Å². The highest BCUT2D eigenvalue weighted by molar-refractivity contribution is 6.44. The average molecular weight is 564 g/mol. The monoisotopic (exact) mass is 563 g/mol. The molecule has 2 aliphatic heterocycles. The highest BCUT2D eigenvalue weighted by atomic mass is 16.6. The van der Waals surface area contributed by atoms with Crippen LogP contribution in [-0.4, -0.2) is 68.9 Å². The Morgan fingerprint density at radius 3 is 2.29 bits per heavy atom. The molecule has 10 heteroatoms. The zero-order valence-corrected chi connectivity index (χ0v) is 23.8. The Labute approximate surface area is 240 Å². The fourth-order valence-electron chi connectivity index (χ4n) is 8.44. The van der Waals surface area contributed by atoms with Crippen LogP contribution in [0.1, 0.15) is 88.8 Å². The van der Waals surface area contributed by atoms with Crippen molar-refractivity contribution in [3.05, 3.63) is 40.3 Å². The largest absolute Gasteiger partial charge is 0.479 e. The second-order valence-corrected chi connectivity index (χ2v) is 12.5. The number of carboxylic acids is 1. The third kappa shape index (κ3) is 5.63. The van der Waals surface area contributed by atoms with E-state index in [1.54, 1.807) is 0 Å². The lowest BCUT2D eigenvalue weighted by molar-refractivity contribution is -0.142. The topological polar surface area (TPSA) is 126 Å². The maximum Gasteiger partial charge on any atom is 0.344 e.